The van der Waals surface area contributed by atoms with Crippen LogP contribution in [0.1, 0.15) is 16.1 Å². The van der Waals surface area contributed by atoms with Crippen LogP contribution in [0, 0.1) is 0 Å². The van der Waals surface area contributed by atoms with E-state index in [0.717, 1.165) is 6.29 Å². The molecular formula is C10H10N2O2. The van der Waals surface area contributed by atoms with Gasteiger partial charge in [0.05, 0.1) is 0 Å². The van der Waals surface area contributed by atoms with Gasteiger partial charge in [-0.25, -0.2) is 0 Å². The summed E-state index contributed by atoms with van der Waals surface area (Å²) in [6, 6.07) is 1.74. The third kappa shape index (κ3) is 1.16. The number of hydrogen-bond acceptors (Lipinski definition) is 2. The molecule has 0 saturated carbocycles. The maximum atomic E-state index is 11.7. The first kappa shape index (κ1) is 8.74. The Labute approximate surface area is 81.2 Å². The molecule has 0 radical (unpaired) electrons. The second kappa shape index (κ2) is 3.14. The first-order valence-electron chi connectivity index (χ1n) is 4.32. The molecule has 0 saturated heterocycles. The molecular weight excluding hydrogens is 180 g/mol. The van der Waals surface area contributed by atoms with Gasteiger partial charge in [0.25, 0.3) is 5.91 Å². The minimum atomic E-state index is -0.0851. The standard InChI is InChI=1S/C10H10N2O2/c1-12-5-3-7(6-13)8-2-4-11-9(8)10(12)14/h2-4,6,11H,5H2,1H3. The van der Waals surface area contributed by atoms with Crippen LogP contribution in [0.3, 0.4) is 0 Å². The summed E-state index contributed by atoms with van der Waals surface area (Å²) in [5.41, 5.74) is 1.75. The number of amides is 1. The Morgan fingerprint density at radius 2 is 2.36 bits per heavy atom. The zero-order valence-corrected chi connectivity index (χ0v) is 7.78. The molecule has 0 aliphatic carbocycles. The summed E-state index contributed by atoms with van der Waals surface area (Å²) in [5.74, 6) is -0.0851. The molecule has 0 unspecified atom stereocenters. The predicted molar refractivity (Wildman–Crippen MR) is 51.8 cm³/mol. The van der Waals surface area contributed by atoms with E-state index in [0.29, 0.717) is 23.4 Å². The normalized spacial score (nSPS) is 15.9. The van der Waals surface area contributed by atoms with E-state index in [1.807, 2.05) is 0 Å². The fourth-order valence-electron chi connectivity index (χ4n) is 1.52. The van der Waals surface area contributed by atoms with E-state index in [1.165, 1.54) is 0 Å². The van der Waals surface area contributed by atoms with Crippen LogP contribution in [0.2, 0.25) is 0 Å². The molecule has 4 heteroatoms. The molecule has 2 rings (SSSR count). The number of H-pyrrole nitrogens is 1. The third-order valence-corrected chi connectivity index (χ3v) is 2.33. The van der Waals surface area contributed by atoms with Crippen molar-refractivity contribution in [3.63, 3.8) is 0 Å². The molecule has 1 aliphatic heterocycles. The van der Waals surface area contributed by atoms with Crippen LogP contribution in [0.5, 0.6) is 0 Å². The first-order chi connectivity index (χ1) is 6.74. The summed E-state index contributed by atoms with van der Waals surface area (Å²) in [4.78, 5) is 26.9. The van der Waals surface area contributed by atoms with Crippen molar-refractivity contribution >= 4 is 17.8 Å². The molecule has 1 aromatic rings. The van der Waals surface area contributed by atoms with Gasteiger partial charge in [-0.1, -0.05) is 6.08 Å². The topological polar surface area (TPSA) is 53.2 Å². The molecule has 2 heterocycles. The lowest BCUT2D eigenvalue weighted by Crippen LogP contribution is -2.26. The van der Waals surface area contributed by atoms with Gasteiger partial charge in [-0.05, 0) is 6.07 Å². The summed E-state index contributed by atoms with van der Waals surface area (Å²) in [6.45, 7) is 0.468. The van der Waals surface area contributed by atoms with Crippen LogP contribution in [-0.2, 0) is 4.79 Å². The molecule has 1 aromatic heterocycles. The SMILES string of the molecule is CN1CC=C(C=O)c2cc[nH]c2C1=O. The van der Waals surface area contributed by atoms with E-state index in [4.69, 9.17) is 0 Å². The smallest absolute Gasteiger partial charge is 0.270 e. The van der Waals surface area contributed by atoms with Crippen LogP contribution < -0.4 is 0 Å². The highest BCUT2D eigenvalue weighted by molar-refractivity contribution is 6.12. The van der Waals surface area contributed by atoms with Crippen LogP contribution in [0.15, 0.2) is 18.3 Å². The molecule has 0 spiro atoms. The molecule has 1 aliphatic rings. The van der Waals surface area contributed by atoms with E-state index in [2.05, 4.69) is 4.98 Å². The molecule has 1 amide bonds. The number of aromatic nitrogens is 1. The average Bonchev–Trinajstić information content (AvgIpc) is 2.62. The minimum Gasteiger partial charge on any atom is -0.357 e. The monoisotopic (exact) mass is 190 g/mol. The molecule has 4 nitrogen and oxygen atoms in total. The number of fused-ring (bicyclic) bond motifs is 1. The second-order valence-electron chi connectivity index (χ2n) is 3.23. The first-order valence-corrected chi connectivity index (χ1v) is 4.32. The Balaban J connectivity index is 2.58. The number of allylic oxidation sites excluding steroid dienone is 1. The highest BCUT2D eigenvalue weighted by Crippen LogP contribution is 2.20. The van der Waals surface area contributed by atoms with Crippen molar-refractivity contribution in [1.29, 1.82) is 0 Å². The average molecular weight is 190 g/mol. The molecule has 0 fully saturated rings. The number of hydrogen-bond donors (Lipinski definition) is 1. The van der Waals surface area contributed by atoms with Crippen LogP contribution in [0.25, 0.3) is 5.57 Å². The number of likely N-dealkylation sites (N-methyl/N-ethyl adjacent to an activating group) is 1. The largest absolute Gasteiger partial charge is 0.357 e. The van der Waals surface area contributed by atoms with Gasteiger partial charge in [0.2, 0.25) is 0 Å². The number of aldehydes is 1. The van der Waals surface area contributed by atoms with Crippen LogP contribution >= 0.6 is 0 Å². The van der Waals surface area contributed by atoms with Crippen molar-refractivity contribution in [1.82, 2.24) is 9.88 Å². The van der Waals surface area contributed by atoms with Crippen molar-refractivity contribution in [3.8, 4) is 0 Å². The Morgan fingerprint density at radius 1 is 1.57 bits per heavy atom. The second-order valence-corrected chi connectivity index (χ2v) is 3.23. The molecule has 14 heavy (non-hydrogen) atoms. The Morgan fingerprint density at radius 3 is 3.07 bits per heavy atom. The third-order valence-electron chi connectivity index (χ3n) is 2.33. The van der Waals surface area contributed by atoms with Crippen molar-refractivity contribution in [3.05, 3.63) is 29.6 Å². The Hall–Kier alpha value is -1.84. The van der Waals surface area contributed by atoms with Gasteiger partial charge >= 0.3 is 0 Å². The minimum absolute atomic E-state index is 0.0851. The van der Waals surface area contributed by atoms with E-state index >= 15 is 0 Å². The number of carbonyl (C=O) groups is 2. The fraction of sp³-hybridized carbons (Fsp3) is 0.200. The highest BCUT2D eigenvalue weighted by atomic mass is 16.2. The summed E-state index contributed by atoms with van der Waals surface area (Å²) < 4.78 is 0. The molecule has 0 aromatic carbocycles. The summed E-state index contributed by atoms with van der Waals surface area (Å²) in [5, 5.41) is 0. The number of nitrogens with one attached hydrogen (secondary N) is 1. The van der Waals surface area contributed by atoms with E-state index < -0.39 is 0 Å². The van der Waals surface area contributed by atoms with Crippen LogP contribution in [0.4, 0.5) is 0 Å². The van der Waals surface area contributed by atoms with Crippen molar-refractivity contribution < 1.29 is 9.59 Å². The molecule has 1 N–H and O–H groups in total. The van der Waals surface area contributed by atoms with Crippen molar-refractivity contribution in [2.24, 2.45) is 0 Å². The molecule has 0 bridgehead atoms. The van der Waals surface area contributed by atoms with Gasteiger partial charge in [0.15, 0.2) is 0 Å². The number of nitrogens with zero attached hydrogens (tertiary/aromatic N) is 1. The van der Waals surface area contributed by atoms with Gasteiger partial charge in [0, 0.05) is 30.9 Å². The van der Waals surface area contributed by atoms with Gasteiger partial charge < -0.3 is 9.88 Å². The zero-order chi connectivity index (χ0) is 10.1. The fourth-order valence-corrected chi connectivity index (χ4v) is 1.52. The lowest BCUT2D eigenvalue weighted by molar-refractivity contribution is -0.103. The number of carbonyl (C=O) groups excluding carboxylic acids is 2. The zero-order valence-electron chi connectivity index (χ0n) is 7.78. The van der Waals surface area contributed by atoms with Gasteiger partial charge in [0.1, 0.15) is 12.0 Å². The van der Waals surface area contributed by atoms with E-state index in [9.17, 15) is 9.59 Å². The summed E-state index contributed by atoms with van der Waals surface area (Å²) in [6.07, 6.45) is 4.20. The van der Waals surface area contributed by atoms with Crippen molar-refractivity contribution in [2.45, 2.75) is 0 Å². The number of aromatic amines is 1. The van der Waals surface area contributed by atoms with Gasteiger partial charge in [-0.3, -0.25) is 9.59 Å². The molecule has 72 valence electrons. The summed E-state index contributed by atoms with van der Waals surface area (Å²) in [7, 11) is 1.71. The van der Waals surface area contributed by atoms with E-state index in [-0.39, 0.29) is 5.91 Å². The quantitative estimate of drug-likeness (QED) is 0.662. The maximum absolute atomic E-state index is 11.7. The van der Waals surface area contributed by atoms with Crippen LogP contribution in [-0.4, -0.2) is 35.7 Å². The lowest BCUT2D eigenvalue weighted by Gasteiger charge is -2.11. The number of rotatable bonds is 1. The Bertz CT molecular complexity index is 418. The van der Waals surface area contributed by atoms with E-state index in [1.54, 1.807) is 30.3 Å². The Kier molecular flexibility index (Phi) is 1.96. The lowest BCUT2D eigenvalue weighted by atomic mass is 10.1. The van der Waals surface area contributed by atoms with Gasteiger partial charge in [-0.15, -0.1) is 0 Å². The summed E-state index contributed by atoms with van der Waals surface area (Å²) >= 11 is 0. The maximum Gasteiger partial charge on any atom is 0.270 e. The van der Waals surface area contributed by atoms with Crippen molar-refractivity contribution in [2.75, 3.05) is 13.6 Å². The highest BCUT2D eigenvalue weighted by Gasteiger charge is 2.21. The van der Waals surface area contributed by atoms with Gasteiger partial charge in [-0.2, -0.15) is 0 Å². The molecule has 0 atom stereocenters. The predicted octanol–water partition coefficient (Wildman–Crippen LogP) is 0.683.